The molecule has 3 atom stereocenters. The number of carbonyl (C=O) groups excluding carboxylic acids is 1. The summed E-state index contributed by atoms with van der Waals surface area (Å²) in [5, 5.41) is 19.4. The maximum absolute atomic E-state index is 13.1. The Labute approximate surface area is 212 Å². The van der Waals surface area contributed by atoms with E-state index < -0.39 is 11.5 Å². The second kappa shape index (κ2) is 10.2. The Bertz CT molecular complexity index is 1120. The molecule has 8 heteroatoms. The third-order valence-corrected chi connectivity index (χ3v) is 7.41. The second-order valence-electron chi connectivity index (χ2n) is 10.6. The van der Waals surface area contributed by atoms with Gasteiger partial charge >= 0.3 is 0 Å². The van der Waals surface area contributed by atoms with Crippen LogP contribution in [0.1, 0.15) is 25.0 Å². The lowest BCUT2D eigenvalue weighted by atomic mass is 9.86. The number of β-amino-alcohol motifs (C(OH)–C–C–N with tert-alkyl or cyclic N) is 1. The van der Waals surface area contributed by atoms with Crippen LogP contribution in [0.3, 0.4) is 0 Å². The van der Waals surface area contributed by atoms with Crippen LogP contribution in [0.2, 0.25) is 0 Å². The van der Waals surface area contributed by atoms with Gasteiger partial charge in [-0.2, -0.15) is 5.26 Å². The minimum Gasteiger partial charge on any atom is -0.491 e. The van der Waals surface area contributed by atoms with Crippen LogP contribution in [0.15, 0.2) is 48.5 Å². The van der Waals surface area contributed by atoms with Crippen molar-refractivity contribution in [3.8, 4) is 11.8 Å². The molecule has 0 aromatic heterocycles. The van der Waals surface area contributed by atoms with Gasteiger partial charge in [0.2, 0.25) is 5.91 Å². The molecule has 2 bridgehead atoms. The normalized spacial score (nSPS) is 24.3. The van der Waals surface area contributed by atoms with E-state index in [9.17, 15) is 9.90 Å². The number of hydrogen-bond donors (Lipinski definition) is 1. The van der Waals surface area contributed by atoms with Crippen molar-refractivity contribution in [2.45, 2.75) is 37.6 Å². The van der Waals surface area contributed by atoms with Crippen molar-refractivity contribution in [1.29, 1.82) is 5.26 Å². The number of nitriles is 1. The molecule has 2 saturated heterocycles. The highest BCUT2D eigenvalue weighted by Gasteiger charge is 2.44. The summed E-state index contributed by atoms with van der Waals surface area (Å²) in [7, 11) is 0. The Morgan fingerprint density at radius 1 is 1.06 bits per heavy atom. The highest BCUT2D eigenvalue weighted by molar-refractivity contribution is 6.07. The van der Waals surface area contributed by atoms with E-state index in [-0.39, 0.29) is 24.7 Å². The van der Waals surface area contributed by atoms with Crippen LogP contribution in [0.5, 0.6) is 5.75 Å². The van der Waals surface area contributed by atoms with Gasteiger partial charge in [-0.15, -0.1) is 0 Å². The highest BCUT2D eigenvalue weighted by Crippen LogP contribution is 2.41. The van der Waals surface area contributed by atoms with Crippen LogP contribution in [0.4, 0.5) is 5.69 Å². The first-order chi connectivity index (χ1) is 17.3. The van der Waals surface area contributed by atoms with Gasteiger partial charge in [-0.3, -0.25) is 14.6 Å². The van der Waals surface area contributed by atoms with Crippen molar-refractivity contribution in [2.75, 3.05) is 57.3 Å². The predicted octanol–water partition coefficient (Wildman–Crippen LogP) is 2.01. The molecule has 2 aromatic carbocycles. The molecule has 0 saturated carbocycles. The summed E-state index contributed by atoms with van der Waals surface area (Å²) in [5.41, 5.74) is 2.23. The molecule has 36 heavy (non-hydrogen) atoms. The average molecular weight is 491 g/mol. The molecule has 1 N–H and O–H groups in total. The second-order valence-corrected chi connectivity index (χ2v) is 10.6. The highest BCUT2D eigenvalue weighted by atomic mass is 16.5. The summed E-state index contributed by atoms with van der Waals surface area (Å²) in [5.74, 6) is 0.811. The van der Waals surface area contributed by atoms with Crippen molar-refractivity contribution in [3.05, 3.63) is 59.7 Å². The number of hydrogen-bond acceptors (Lipinski definition) is 7. The molecule has 0 radical (unpaired) electrons. The molecule has 2 unspecified atom stereocenters. The standard InChI is InChI=1S/C28H34N4O4/c1-28(2)25-5-3-4-6-26(25)32(27(28)34)12-11-30-15-23-17-31(18-24(16-30)36-23)14-21(33)19-35-22-9-7-20(13-29)8-10-22/h3-10,21,23-24,33H,11-12,14-19H2,1-2H3/t21-,23?,24?/m0/s1. The predicted molar refractivity (Wildman–Crippen MR) is 136 cm³/mol. The summed E-state index contributed by atoms with van der Waals surface area (Å²) in [6.45, 7) is 9.39. The summed E-state index contributed by atoms with van der Waals surface area (Å²) in [6.07, 6.45) is -0.440. The Balaban J connectivity index is 1.09. The lowest BCUT2D eigenvalue weighted by Gasteiger charge is -2.46. The third kappa shape index (κ3) is 5.11. The van der Waals surface area contributed by atoms with Gasteiger partial charge in [0, 0.05) is 51.5 Å². The number of anilines is 1. The first-order valence-electron chi connectivity index (χ1n) is 12.7. The zero-order valence-corrected chi connectivity index (χ0v) is 21.0. The fourth-order valence-electron chi connectivity index (χ4n) is 5.62. The molecule has 0 aliphatic carbocycles. The van der Waals surface area contributed by atoms with Gasteiger partial charge in [0.1, 0.15) is 18.5 Å². The van der Waals surface area contributed by atoms with Crippen LogP contribution in [-0.4, -0.2) is 91.5 Å². The molecule has 190 valence electrons. The van der Waals surface area contributed by atoms with Gasteiger partial charge in [-0.25, -0.2) is 0 Å². The number of carbonyl (C=O) groups is 1. The smallest absolute Gasteiger partial charge is 0.237 e. The average Bonchev–Trinajstić information content (AvgIpc) is 3.06. The summed E-state index contributed by atoms with van der Waals surface area (Å²) >= 11 is 0. The van der Waals surface area contributed by atoms with Crippen molar-refractivity contribution in [3.63, 3.8) is 0 Å². The number of morpholine rings is 2. The molecule has 3 heterocycles. The van der Waals surface area contributed by atoms with Gasteiger partial charge in [0.05, 0.1) is 29.3 Å². The number of rotatable bonds is 8. The summed E-state index contributed by atoms with van der Waals surface area (Å²) in [6, 6.07) is 17.1. The molecular weight excluding hydrogens is 456 g/mol. The van der Waals surface area contributed by atoms with E-state index in [4.69, 9.17) is 14.7 Å². The zero-order chi connectivity index (χ0) is 25.3. The van der Waals surface area contributed by atoms with Crippen LogP contribution < -0.4 is 9.64 Å². The minimum atomic E-state index is -0.611. The van der Waals surface area contributed by atoms with E-state index in [2.05, 4.69) is 21.9 Å². The lowest BCUT2D eigenvalue weighted by molar-refractivity contribution is -0.142. The third-order valence-electron chi connectivity index (χ3n) is 7.41. The SMILES string of the molecule is CC1(C)C(=O)N(CCN2CC3CN(C[C@H](O)COc4ccc(C#N)cc4)CC(C2)O3)c2ccccc21. The molecular formula is C28H34N4O4. The number of amides is 1. The van der Waals surface area contributed by atoms with E-state index in [0.717, 1.165) is 44.0 Å². The molecule has 1 amide bonds. The largest absolute Gasteiger partial charge is 0.491 e. The Morgan fingerprint density at radius 2 is 1.72 bits per heavy atom. The maximum Gasteiger partial charge on any atom is 0.237 e. The molecule has 5 rings (SSSR count). The van der Waals surface area contributed by atoms with Gasteiger partial charge in [-0.05, 0) is 49.7 Å². The van der Waals surface area contributed by atoms with Crippen LogP contribution in [0.25, 0.3) is 0 Å². The van der Waals surface area contributed by atoms with E-state index in [0.29, 0.717) is 24.4 Å². The molecule has 0 spiro atoms. The fraction of sp³-hybridized carbons (Fsp3) is 0.500. The summed E-state index contributed by atoms with van der Waals surface area (Å²) < 4.78 is 11.9. The number of aliphatic hydroxyl groups is 1. The molecule has 3 aliphatic heterocycles. The summed E-state index contributed by atoms with van der Waals surface area (Å²) in [4.78, 5) is 19.7. The Kier molecular flexibility index (Phi) is 7.00. The van der Waals surface area contributed by atoms with Crippen molar-refractivity contribution >= 4 is 11.6 Å². The van der Waals surface area contributed by atoms with Gasteiger partial charge in [-0.1, -0.05) is 18.2 Å². The van der Waals surface area contributed by atoms with Crippen molar-refractivity contribution in [1.82, 2.24) is 9.80 Å². The topological polar surface area (TPSA) is 89.3 Å². The molecule has 8 nitrogen and oxygen atoms in total. The Hall–Kier alpha value is -2.96. The van der Waals surface area contributed by atoms with Gasteiger partial charge in [0.25, 0.3) is 0 Å². The van der Waals surface area contributed by atoms with Crippen LogP contribution >= 0.6 is 0 Å². The van der Waals surface area contributed by atoms with E-state index in [1.54, 1.807) is 24.3 Å². The quantitative estimate of drug-likeness (QED) is 0.606. The van der Waals surface area contributed by atoms with E-state index in [1.807, 2.05) is 36.9 Å². The van der Waals surface area contributed by atoms with Gasteiger partial charge in [0.15, 0.2) is 0 Å². The lowest BCUT2D eigenvalue weighted by Crippen LogP contribution is -2.61. The van der Waals surface area contributed by atoms with Crippen LogP contribution in [0, 0.1) is 11.3 Å². The number of fused-ring (bicyclic) bond motifs is 3. The van der Waals surface area contributed by atoms with Gasteiger partial charge < -0.3 is 19.5 Å². The fourth-order valence-corrected chi connectivity index (χ4v) is 5.62. The molecule has 3 aliphatic rings. The number of ether oxygens (including phenoxy) is 2. The van der Waals surface area contributed by atoms with E-state index >= 15 is 0 Å². The number of nitrogens with zero attached hydrogens (tertiary/aromatic N) is 4. The van der Waals surface area contributed by atoms with Crippen molar-refractivity contribution in [2.24, 2.45) is 0 Å². The minimum absolute atomic E-state index is 0.0853. The van der Waals surface area contributed by atoms with E-state index in [1.165, 1.54) is 0 Å². The maximum atomic E-state index is 13.1. The number of benzene rings is 2. The molecule has 2 fully saturated rings. The monoisotopic (exact) mass is 490 g/mol. The number of aliphatic hydroxyl groups excluding tert-OH is 1. The van der Waals surface area contributed by atoms with Crippen LogP contribution in [-0.2, 0) is 14.9 Å². The zero-order valence-electron chi connectivity index (χ0n) is 21.0. The van der Waals surface area contributed by atoms with Crippen molar-refractivity contribution < 1.29 is 19.4 Å². The molecule has 2 aromatic rings. The number of para-hydroxylation sites is 1. The Morgan fingerprint density at radius 3 is 2.42 bits per heavy atom. The first kappa shape index (κ1) is 24.7. The first-order valence-corrected chi connectivity index (χ1v) is 12.7.